The number of aromatic nitrogens is 5. The highest BCUT2D eigenvalue weighted by Crippen LogP contribution is 2.29. The van der Waals surface area contributed by atoms with Crippen LogP contribution in [0, 0.1) is 6.92 Å². The van der Waals surface area contributed by atoms with Gasteiger partial charge in [-0.05, 0) is 36.9 Å². The second-order valence-electron chi connectivity index (χ2n) is 5.52. The third-order valence-electron chi connectivity index (χ3n) is 3.71. The number of hydrogen-bond donors (Lipinski definition) is 2. The molecule has 0 saturated carbocycles. The van der Waals surface area contributed by atoms with Crippen LogP contribution in [0.25, 0.3) is 10.9 Å². The largest absolute Gasteiger partial charge is 0.464 e. The van der Waals surface area contributed by atoms with Gasteiger partial charge < -0.3 is 14.5 Å². The molecule has 136 valence electrons. The van der Waals surface area contributed by atoms with Crippen LogP contribution in [0.4, 0.5) is 11.6 Å². The second kappa shape index (κ2) is 7.08. The Morgan fingerprint density at radius 1 is 1.30 bits per heavy atom. The molecule has 9 nitrogen and oxygen atoms in total. The minimum atomic E-state index is -0.551. The smallest absolute Gasteiger partial charge is 0.356 e. The topological polar surface area (TPSA) is 119 Å². The van der Waals surface area contributed by atoms with Crippen molar-refractivity contribution in [2.45, 2.75) is 17.0 Å². The molecule has 0 atom stereocenters. The van der Waals surface area contributed by atoms with Crippen molar-refractivity contribution >= 4 is 40.3 Å². The van der Waals surface area contributed by atoms with Gasteiger partial charge in [0, 0.05) is 16.3 Å². The SMILES string of the molecule is COC(=O)c1cc(Nc2ncoc2C)nc(Sc2ccc3[nH]ncc3c2)n1. The Morgan fingerprint density at radius 3 is 2.96 bits per heavy atom. The van der Waals surface area contributed by atoms with Crippen LogP contribution >= 0.6 is 11.8 Å². The molecule has 3 heterocycles. The number of aryl methyl sites for hydroxylation is 1. The summed E-state index contributed by atoms with van der Waals surface area (Å²) >= 11 is 1.32. The minimum absolute atomic E-state index is 0.142. The van der Waals surface area contributed by atoms with Crippen molar-refractivity contribution in [2.75, 3.05) is 12.4 Å². The summed E-state index contributed by atoms with van der Waals surface area (Å²) in [6.07, 6.45) is 3.07. The van der Waals surface area contributed by atoms with Gasteiger partial charge in [0.2, 0.25) is 0 Å². The summed E-state index contributed by atoms with van der Waals surface area (Å²) in [7, 11) is 1.30. The number of carbonyl (C=O) groups is 1. The lowest BCUT2D eigenvalue weighted by atomic mass is 10.3. The van der Waals surface area contributed by atoms with Gasteiger partial charge in [-0.15, -0.1) is 0 Å². The average Bonchev–Trinajstić information content (AvgIpc) is 3.29. The monoisotopic (exact) mass is 382 g/mol. The van der Waals surface area contributed by atoms with Gasteiger partial charge in [0.05, 0.1) is 18.8 Å². The van der Waals surface area contributed by atoms with Crippen molar-refractivity contribution in [1.29, 1.82) is 0 Å². The first kappa shape index (κ1) is 17.0. The zero-order valence-electron chi connectivity index (χ0n) is 14.4. The summed E-state index contributed by atoms with van der Waals surface area (Å²) in [6, 6.07) is 7.32. The summed E-state index contributed by atoms with van der Waals surface area (Å²) in [4.78, 5) is 25.7. The number of benzene rings is 1. The van der Waals surface area contributed by atoms with Crippen molar-refractivity contribution < 1.29 is 13.9 Å². The summed E-state index contributed by atoms with van der Waals surface area (Å²) in [5, 5.41) is 11.3. The molecule has 27 heavy (non-hydrogen) atoms. The number of ether oxygens (including phenoxy) is 1. The zero-order valence-corrected chi connectivity index (χ0v) is 15.2. The first-order chi connectivity index (χ1) is 13.1. The standard InChI is InChI=1S/C17H14N6O3S/c1-9-15(18-8-26-9)21-14-6-13(16(24)25-2)20-17(22-14)27-11-3-4-12-10(5-11)7-19-23-12/h3-8H,1-2H3,(H,19,23)(H,20,21,22). The molecule has 0 bridgehead atoms. The number of carbonyl (C=O) groups excluding carboxylic acids is 1. The number of methoxy groups -OCH3 is 1. The number of rotatable bonds is 5. The molecular formula is C17H14N6O3S. The first-order valence-electron chi connectivity index (χ1n) is 7.88. The highest BCUT2D eigenvalue weighted by Gasteiger charge is 2.15. The maximum atomic E-state index is 12.0. The number of fused-ring (bicyclic) bond motifs is 1. The number of nitrogens with zero attached hydrogens (tertiary/aromatic N) is 4. The van der Waals surface area contributed by atoms with Crippen LogP contribution < -0.4 is 5.32 Å². The van der Waals surface area contributed by atoms with Gasteiger partial charge in [-0.1, -0.05) is 0 Å². The normalized spacial score (nSPS) is 10.9. The Hall–Kier alpha value is -3.40. The van der Waals surface area contributed by atoms with Crippen molar-refractivity contribution in [3.8, 4) is 0 Å². The quantitative estimate of drug-likeness (QED) is 0.395. The van der Waals surface area contributed by atoms with Crippen LogP contribution in [0.2, 0.25) is 0 Å². The molecule has 4 aromatic rings. The van der Waals surface area contributed by atoms with E-state index in [2.05, 4.69) is 30.5 Å². The summed E-state index contributed by atoms with van der Waals surface area (Å²) < 4.78 is 9.96. The van der Waals surface area contributed by atoms with Gasteiger partial charge in [0.15, 0.2) is 23.1 Å². The van der Waals surface area contributed by atoms with E-state index in [9.17, 15) is 4.79 Å². The van der Waals surface area contributed by atoms with Crippen molar-refractivity contribution in [3.63, 3.8) is 0 Å². The van der Waals surface area contributed by atoms with Gasteiger partial charge in [0.1, 0.15) is 11.6 Å². The number of hydrogen-bond acceptors (Lipinski definition) is 9. The van der Waals surface area contributed by atoms with Crippen molar-refractivity contribution in [1.82, 2.24) is 25.1 Å². The first-order valence-corrected chi connectivity index (χ1v) is 8.69. The molecule has 1 aromatic carbocycles. The molecule has 0 spiro atoms. The molecule has 0 aliphatic rings. The molecule has 2 N–H and O–H groups in total. The van der Waals surface area contributed by atoms with Gasteiger partial charge in [-0.3, -0.25) is 5.10 Å². The lowest BCUT2D eigenvalue weighted by Gasteiger charge is -2.08. The van der Waals surface area contributed by atoms with E-state index in [-0.39, 0.29) is 5.69 Å². The number of nitrogens with one attached hydrogen (secondary N) is 2. The fourth-order valence-electron chi connectivity index (χ4n) is 2.38. The van der Waals surface area contributed by atoms with E-state index in [0.717, 1.165) is 15.8 Å². The van der Waals surface area contributed by atoms with E-state index < -0.39 is 5.97 Å². The van der Waals surface area contributed by atoms with Crippen LogP contribution in [-0.2, 0) is 4.74 Å². The molecule has 0 amide bonds. The van der Waals surface area contributed by atoms with E-state index in [1.54, 1.807) is 13.1 Å². The highest BCUT2D eigenvalue weighted by molar-refractivity contribution is 7.99. The Labute approximate surface area is 157 Å². The maximum Gasteiger partial charge on any atom is 0.356 e. The van der Waals surface area contributed by atoms with Gasteiger partial charge in [-0.25, -0.2) is 14.8 Å². The van der Waals surface area contributed by atoms with Gasteiger partial charge in [-0.2, -0.15) is 10.1 Å². The molecule has 10 heteroatoms. The van der Waals surface area contributed by atoms with E-state index in [4.69, 9.17) is 9.15 Å². The molecular weight excluding hydrogens is 368 g/mol. The van der Waals surface area contributed by atoms with Crippen molar-refractivity contribution in [3.05, 3.63) is 48.3 Å². The number of oxazole rings is 1. The highest BCUT2D eigenvalue weighted by atomic mass is 32.2. The third-order valence-corrected chi connectivity index (χ3v) is 4.57. The Bertz CT molecular complexity index is 1120. The lowest BCUT2D eigenvalue weighted by molar-refractivity contribution is 0.0593. The van der Waals surface area contributed by atoms with Crippen molar-refractivity contribution in [2.24, 2.45) is 0 Å². The minimum Gasteiger partial charge on any atom is -0.464 e. The Kier molecular flexibility index (Phi) is 4.47. The molecule has 0 aliphatic carbocycles. The number of H-pyrrole nitrogens is 1. The van der Waals surface area contributed by atoms with Crippen LogP contribution in [0.3, 0.4) is 0 Å². The maximum absolute atomic E-state index is 12.0. The predicted molar refractivity (Wildman–Crippen MR) is 98.1 cm³/mol. The predicted octanol–water partition coefficient (Wildman–Crippen LogP) is 3.33. The average molecular weight is 382 g/mol. The van der Waals surface area contributed by atoms with Gasteiger partial charge >= 0.3 is 5.97 Å². The van der Waals surface area contributed by atoms with Crippen LogP contribution in [-0.4, -0.2) is 38.2 Å². The van der Waals surface area contributed by atoms with E-state index in [1.807, 2.05) is 18.2 Å². The molecule has 0 saturated heterocycles. The summed E-state index contributed by atoms with van der Waals surface area (Å²) in [5.74, 6) is 0.979. The molecule has 0 aliphatic heterocycles. The fourth-order valence-corrected chi connectivity index (χ4v) is 3.20. The lowest BCUT2D eigenvalue weighted by Crippen LogP contribution is -2.08. The fraction of sp³-hybridized carbons (Fsp3) is 0.118. The second-order valence-corrected chi connectivity index (χ2v) is 6.56. The molecule has 4 rings (SSSR count). The summed E-state index contributed by atoms with van der Waals surface area (Å²) in [6.45, 7) is 1.77. The molecule has 0 radical (unpaired) electrons. The van der Waals surface area contributed by atoms with Crippen LogP contribution in [0.15, 0.2) is 51.3 Å². The Morgan fingerprint density at radius 2 is 2.19 bits per heavy atom. The van der Waals surface area contributed by atoms with E-state index in [1.165, 1.54) is 31.3 Å². The third kappa shape index (κ3) is 3.60. The van der Waals surface area contributed by atoms with Crippen LogP contribution in [0.5, 0.6) is 0 Å². The molecule has 0 unspecified atom stereocenters. The number of aromatic amines is 1. The van der Waals surface area contributed by atoms with Gasteiger partial charge in [0.25, 0.3) is 0 Å². The zero-order chi connectivity index (χ0) is 18.8. The molecule has 0 fully saturated rings. The van der Waals surface area contributed by atoms with E-state index >= 15 is 0 Å². The summed E-state index contributed by atoms with van der Waals surface area (Å²) in [5.41, 5.74) is 1.08. The molecule has 3 aromatic heterocycles. The van der Waals surface area contributed by atoms with Crippen LogP contribution in [0.1, 0.15) is 16.2 Å². The number of esters is 1. The Balaban J connectivity index is 1.68. The van der Waals surface area contributed by atoms with E-state index in [0.29, 0.717) is 22.6 Å². The number of anilines is 2.